The highest BCUT2D eigenvalue weighted by Gasteiger charge is 2.19. The van der Waals surface area contributed by atoms with Gasteiger partial charge in [-0.1, -0.05) is 6.92 Å². The zero-order valence-corrected chi connectivity index (χ0v) is 9.03. The Hall–Kier alpha value is -0.830. The van der Waals surface area contributed by atoms with Crippen LogP contribution in [0.2, 0.25) is 0 Å². The number of hydrogen-bond donors (Lipinski definition) is 1. The van der Waals surface area contributed by atoms with E-state index < -0.39 is 0 Å². The monoisotopic (exact) mass is 193 g/mol. The normalized spacial score (nSPS) is 24.0. The Bertz CT molecular complexity index is 286. The van der Waals surface area contributed by atoms with Crippen molar-refractivity contribution in [3.05, 3.63) is 18.0 Å². The van der Waals surface area contributed by atoms with Gasteiger partial charge in [0.25, 0.3) is 0 Å². The molecule has 14 heavy (non-hydrogen) atoms. The summed E-state index contributed by atoms with van der Waals surface area (Å²) in [4.78, 5) is 0. The second kappa shape index (κ2) is 4.13. The number of nitrogens with one attached hydrogen (secondary N) is 1. The highest BCUT2D eigenvalue weighted by Crippen LogP contribution is 2.25. The first-order valence-electron chi connectivity index (χ1n) is 5.46. The van der Waals surface area contributed by atoms with Crippen LogP contribution in [-0.2, 0) is 7.05 Å². The van der Waals surface area contributed by atoms with Gasteiger partial charge in [0.05, 0.1) is 0 Å². The lowest BCUT2D eigenvalue weighted by molar-refractivity contribution is 0.466. The van der Waals surface area contributed by atoms with Crippen molar-refractivity contribution >= 4 is 0 Å². The number of hydrogen-bond acceptors (Lipinski definition) is 2. The van der Waals surface area contributed by atoms with Crippen molar-refractivity contribution in [2.75, 3.05) is 13.1 Å². The molecule has 2 heterocycles. The molecule has 2 unspecified atom stereocenters. The minimum Gasteiger partial charge on any atom is -0.316 e. The van der Waals surface area contributed by atoms with E-state index in [0.29, 0.717) is 5.92 Å². The van der Waals surface area contributed by atoms with E-state index in [9.17, 15) is 0 Å². The summed E-state index contributed by atoms with van der Waals surface area (Å²) in [6.07, 6.45) is 4.51. The van der Waals surface area contributed by atoms with Crippen LogP contribution < -0.4 is 5.32 Å². The summed E-state index contributed by atoms with van der Waals surface area (Å²) >= 11 is 0. The van der Waals surface area contributed by atoms with Gasteiger partial charge in [0.15, 0.2) is 0 Å². The summed E-state index contributed by atoms with van der Waals surface area (Å²) in [6, 6.07) is 2.13. The minimum absolute atomic E-state index is 0.632. The molecule has 1 aromatic rings. The van der Waals surface area contributed by atoms with Crippen LogP contribution in [0, 0.1) is 5.92 Å². The van der Waals surface area contributed by atoms with Gasteiger partial charge in [-0.3, -0.25) is 4.68 Å². The van der Waals surface area contributed by atoms with Gasteiger partial charge in [0, 0.05) is 18.9 Å². The van der Waals surface area contributed by atoms with Crippen molar-refractivity contribution < 1.29 is 0 Å². The van der Waals surface area contributed by atoms with E-state index in [1.54, 1.807) is 0 Å². The minimum atomic E-state index is 0.632. The number of aromatic nitrogens is 2. The fourth-order valence-corrected chi connectivity index (χ4v) is 2.40. The van der Waals surface area contributed by atoms with E-state index >= 15 is 0 Å². The predicted molar refractivity (Wildman–Crippen MR) is 57.2 cm³/mol. The van der Waals surface area contributed by atoms with Crippen molar-refractivity contribution in [3.63, 3.8) is 0 Å². The maximum Gasteiger partial charge on any atom is 0.0492 e. The van der Waals surface area contributed by atoms with E-state index in [4.69, 9.17) is 0 Å². The Labute approximate surface area is 85.5 Å². The highest BCUT2D eigenvalue weighted by atomic mass is 15.3. The summed E-state index contributed by atoms with van der Waals surface area (Å²) < 4.78 is 1.99. The van der Waals surface area contributed by atoms with Crippen molar-refractivity contribution in [2.45, 2.75) is 25.7 Å². The zero-order chi connectivity index (χ0) is 9.97. The van der Waals surface area contributed by atoms with E-state index in [1.807, 2.05) is 17.9 Å². The van der Waals surface area contributed by atoms with Crippen LogP contribution >= 0.6 is 0 Å². The van der Waals surface area contributed by atoms with Crippen molar-refractivity contribution in [3.8, 4) is 0 Å². The molecule has 1 aliphatic heterocycles. The Kier molecular flexibility index (Phi) is 2.87. The summed E-state index contributed by atoms with van der Waals surface area (Å²) in [7, 11) is 2.03. The second-order valence-corrected chi connectivity index (χ2v) is 4.38. The predicted octanol–water partition coefficient (Wildman–Crippen LogP) is 1.52. The van der Waals surface area contributed by atoms with Gasteiger partial charge in [0.2, 0.25) is 0 Å². The van der Waals surface area contributed by atoms with Crippen LogP contribution in [-0.4, -0.2) is 22.9 Å². The second-order valence-electron chi connectivity index (χ2n) is 4.38. The first-order chi connectivity index (χ1) is 6.77. The molecule has 3 heteroatoms. The standard InChI is InChI=1S/C11H19N3/c1-9(7-10-3-5-12-8-10)11-4-6-13-14(11)2/h4,6,9-10,12H,3,5,7-8H2,1-2H3. The van der Waals surface area contributed by atoms with Crippen LogP contribution in [0.4, 0.5) is 0 Å². The molecule has 0 amide bonds. The molecule has 1 N–H and O–H groups in total. The lowest BCUT2D eigenvalue weighted by Gasteiger charge is -2.15. The molecule has 3 nitrogen and oxygen atoms in total. The molecule has 1 fully saturated rings. The summed E-state index contributed by atoms with van der Waals surface area (Å²) in [6.45, 7) is 4.69. The molecule has 1 aliphatic rings. The summed E-state index contributed by atoms with van der Waals surface area (Å²) in [5, 5.41) is 7.63. The van der Waals surface area contributed by atoms with Gasteiger partial charge in [-0.2, -0.15) is 5.10 Å². The van der Waals surface area contributed by atoms with E-state index in [-0.39, 0.29) is 0 Å². The first-order valence-corrected chi connectivity index (χ1v) is 5.46. The average molecular weight is 193 g/mol. The average Bonchev–Trinajstić information content (AvgIpc) is 2.75. The van der Waals surface area contributed by atoms with Crippen molar-refractivity contribution in [1.29, 1.82) is 0 Å². The Morgan fingerprint density at radius 1 is 1.71 bits per heavy atom. The Balaban J connectivity index is 1.95. The first kappa shape index (κ1) is 9.71. The fraction of sp³-hybridized carbons (Fsp3) is 0.727. The lowest BCUT2D eigenvalue weighted by atomic mass is 9.93. The van der Waals surface area contributed by atoms with Gasteiger partial charge in [-0.05, 0) is 43.8 Å². The van der Waals surface area contributed by atoms with Gasteiger partial charge in [0.1, 0.15) is 0 Å². The van der Waals surface area contributed by atoms with Gasteiger partial charge in [-0.25, -0.2) is 0 Å². The molecule has 78 valence electrons. The lowest BCUT2D eigenvalue weighted by Crippen LogP contribution is -2.12. The van der Waals surface area contributed by atoms with Crippen LogP contribution in [0.3, 0.4) is 0 Å². The quantitative estimate of drug-likeness (QED) is 0.789. The molecule has 1 aromatic heterocycles. The summed E-state index contributed by atoms with van der Waals surface area (Å²) in [5.74, 6) is 1.49. The topological polar surface area (TPSA) is 29.9 Å². The van der Waals surface area contributed by atoms with E-state index in [1.165, 1.54) is 31.6 Å². The molecular weight excluding hydrogens is 174 g/mol. The largest absolute Gasteiger partial charge is 0.316 e. The van der Waals surface area contributed by atoms with Crippen LogP contribution in [0.1, 0.15) is 31.4 Å². The number of nitrogens with zero attached hydrogens (tertiary/aromatic N) is 2. The fourth-order valence-electron chi connectivity index (χ4n) is 2.40. The van der Waals surface area contributed by atoms with Crippen molar-refractivity contribution in [2.24, 2.45) is 13.0 Å². The van der Waals surface area contributed by atoms with Crippen LogP contribution in [0.5, 0.6) is 0 Å². The molecular formula is C11H19N3. The third-order valence-electron chi connectivity index (χ3n) is 3.21. The van der Waals surface area contributed by atoms with Gasteiger partial charge >= 0.3 is 0 Å². The van der Waals surface area contributed by atoms with E-state index in [2.05, 4.69) is 23.4 Å². The Morgan fingerprint density at radius 3 is 3.14 bits per heavy atom. The number of aryl methyl sites for hydroxylation is 1. The maximum absolute atomic E-state index is 4.21. The molecule has 2 rings (SSSR count). The molecule has 0 aromatic carbocycles. The van der Waals surface area contributed by atoms with Crippen LogP contribution in [0.25, 0.3) is 0 Å². The third-order valence-corrected chi connectivity index (χ3v) is 3.21. The zero-order valence-electron chi connectivity index (χ0n) is 9.03. The Morgan fingerprint density at radius 2 is 2.57 bits per heavy atom. The van der Waals surface area contributed by atoms with Crippen LogP contribution in [0.15, 0.2) is 12.3 Å². The molecule has 0 aliphatic carbocycles. The molecule has 0 spiro atoms. The third kappa shape index (κ3) is 1.98. The summed E-state index contributed by atoms with van der Waals surface area (Å²) in [5.41, 5.74) is 1.36. The van der Waals surface area contributed by atoms with E-state index in [0.717, 1.165) is 5.92 Å². The SMILES string of the molecule is CC(CC1CCNC1)c1ccnn1C. The van der Waals surface area contributed by atoms with Gasteiger partial charge < -0.3 is 5.32 Å². The molecule has 0 bridgehead atoms. The van der Waals surface area contributed by atoms with Gasteiger partial charge in [-0.15, -0.1) is 0 Å². The number of rotatable bonds is 3. The molecule has 0 saturated carbocycles. The molecule has 1 saturated heterocycles. The molecule has 2 atom stereocenters. The molecule has 0 radical (unpaired) electrons. The van der Waals surface area contributed by atoms with Crippen molar-refractivity contribution in [1.82, 2.24) is 15.1 Å². The maximum atomic E-state index is 4.21. The smallest absolute Gasteiger partial charge is 0.0492 e. The highest BCUT2D eigenvalue weighted by molar-refractivity contribution is 5.06.